The summed E-state index contributed by atoms with van der Waals surface area (Å²) in [7, 11) is 3.15. The highest BCUT2D eigenvalue weighted by Gasteiger charge is 2.14. The van der Waals surface area contributed by atoms with Gasteiger partial charge in [0, 0.05) is 24.9 Å². The molecule has 0 radical (unpaired) electrons. The molecule has 0 fully saturated rings. The SMILES string of the molecule is COC[C@H](C)Oc1cc(Oc2ccc(OC)cc2)cc(C(=O)Nc2ccc(C(=O)O)cn2)c1. The second-order valence-corrected chi connectivity index (χ2v) is 7.05. The number of carbonyl (C=O) groups is 2. The van der Waals surface area contributed by atoms with Crippen LogP contribution in [-0.2, 0) is 4.74 Å². The summed E-state index contributed by atoms with van der Waals surface area (Å²) in [4.78, 5) is 27.8. The third-order valence-electron chi connectivity index (χ3n) is 4.43. The van der Waals surface area contributed by atoms with Crippen LogP contribution in [0.1, 0.15) is 27.6 Å². The van der Waals surface area contributed by atoms with Crippen molar-refractivity contribution in [2.45, 2.75) is 13.0 Å². The summed E-state index contributed by atoms with van der Waals surface area (Å²) >= 11 is 0. The summed E-state index contributed by atoms with van der Waals surface area (Å²) in [5.74, 6) is 0.698. The van der Waals surface area contributed by atoms with E-state index in [0.717, 1.165) is 0 Å². The molecule has 9 heteroatoms. The van der Waals surface area contributed by atoms with Crippen molar-refractivity contribution >= 4 is 17.7 Å². The molecule has 172 valence electrons. The molecule has 9 nitrogen and oxygen atoms in total. The molecule has 3 aromatic rings. The lowest BCUT2D eigenvalue weighted by molar-refractivity contribution is 0.0696. The highest BCUT2D eigenvalue weighted by Crippen LogP contribution is 2.29. The van der Waals surface area contributed by atoms with E-state index in [1.807, 2.05) is 6.92 Å². The van der Waals surface area contributed by atoms with Crippen LogP contribution in [-0.4, -0.2) is 48.9 Å². The molecule has 2 aromatic carbocycles. The van der Waals surface area contributed by atoms with Crippen molar-refractivity contribution in [1.29, 1.82) is 0 Å². The zero-order chi connectivity index (χ0) is 23.8. The third kappa shape index (κ3) is 6.68. The van der Waals surface area contributed by atoms with E-state index in [-0.39, 0.29) is 23.0 Å². The number of anilines is 1. The Balaban J connectivity index is 1.85. The average Bonchev–Trinajstić information content (AvgIpc) is 2.80. The molecule has 1 aromatic heterocycles. The number of aromatic carboxylic acids is 1. The van der Waals surface area contributed by atoms with Crippen LogP contribution in [0, 0.1) is 0 Å². The number of ether oxygens (including phenoxy) is 4. The van der Waals surface area contributed by atoms with Gasteiger partial charge in [0.05, 0.1) is 19.3 Å². The number of hydrogen-bond acceptors (Lipinski definition) is 7. The van der Waals surface area contributed by atoms with Gasteiger partial charge < -0.3 is 29.4 Å². The molecule has 0 aliphatic carbocycles. The summed E-state index contributed by atoms with van der Waals surface area (Å²) in [5, 5.41) is 11.6. The maximum atomic E-state index is 12.9. The Morgan fingerprint density at radius 2 is 1.64 bits per heavy atom. The van der Waals surface area contributed by atoms with E-state index < -0.39 is 11.9 Å². The van der Waals surface area contributed by atoms with Crippen LogP contribution in [0.5, 0.6) is 23.0 Å². The Hall–Kier alpha value is -4.11. The first-order chi connectivity index (χ1) is 15.9. The number of amides is 1. The van der Waals surface area contributed by atoms with Crippen LogP contribution in [0.2, 0.25) is 0 Å². The summed E-state index contributed by atoms with van der Waals surface area (Å²) in [5.41, 5.74) is 0.287. The highest BCUT2D eigenvalue weighted by atomic mass is 16.5. The molecule has 33 heavy (non-hydrogen) atoms. The first-order valence-corrected chi connectivity index (χ1v) is 10.0. The molecule has 0 aliphatic heterocycles. The third-order valence-corrected chi connectivity index (χ3v) is 4.43. The second kappa shape index (κ2) is 11.0. The molecule has 0 spiro atoms. The topological polar surface area (TPSA) is 116 Å². The molecule has 0 unspecified atom stereocenters. The van der Waals surface area contributed by atoms with E-state index in [4.69, 9.17) is 24.1 Å². The molecule has 0 bridgehead atoms. The van der Waals surface area contributed by atoms with Gasteiger partial charge in [0.2, 0.25) is 0 Å². The number of benzene rings is 2. The second-order valence-electron chi connectivity index (χ2n) is 7.05. The van der Waals surface area contributed by atoms with Crippen LogP contribution in [0.25, 0.3) is 0 Å². The van der Waals surface area contributed by atoms with Crippen LogP contribution < -0.4 is 19.5 Å². The Morgan fingerprint density at radius 3 is 2.24 bits per heavy atom. The maximum absolute atomic E-state index is 12.9. The van der Waals surface area contributed by atoms with Gasteiger partial charge in [-0.05, 0) is 55.5 Å². The van der Waals surface area contributed by atoms with Crippen LogP contribution >= 0.6 is 0 Å². The maximum Gasteiger partial charge on any atom is 0.337 e. The number of carbonyl (C=O) groups excluding carboxylic acids is 1. The minimum Gasteiger partial charge on any atom is -0.497 e. The van der Waals surface area contributed by atoms with Crippen LogP contribution in [0.15, 0.2) is 60.8 Å². The van der Waals surface area contributed by atoms with Crippen molar-refractivity contribution in [1.82, 2.24) is 4.98 Å². The fraction of sp³-hybridized carbons (Fsp3) is 0.208. The number of carboxylic acids is 1. The first kappa shape index (κ1) is 23.6. The predicted molar refractivity (Wildman–Crippen MR) is 121 cm³/mol. The number of rotatable bonds is 10. The summed E-state index contributed by atoms with van der Waals surface area (Å²) in [6.07, 6.45) is 0.912. The van der Waals surface area contributed by atoms with Crippen molar-refractivity contribution in [3.8, 4) is 23.0 Å². The van der Waals surface area contributed by atoms with Crippen molar-refractivity contribution < 1.29 is 33.6 Å². The number of nitrogens with one attached hydrogen (secondary N) is 1. The van der Waals surface area contributed by atoms with Gasteiger partial charge in [-0.1, -0.05) is 0 Å². The van der Waals surface area contributed by atoms with Crippen molar-refractivity contribution in [2.75, 3.05) is 26.1 Å². The van der Waals surface area contributed by atoms with Gasteiger partial charge in [-0.3, -0.25) is 4.79 Å². The number of hydrogen-bond donors (Lipinski definition) is 2. The summed E-state index contributed by atoms with van der Waals surface area (Å²) in [6.45, 7) is 2.21. The molecule has 3 rings (SSSR count). The van der Waals surface area contributed by atoms with E-state index in [1.165, 1.54) is 18.3 Å². The van der Waals surface area contributed by atoms with Gasteiger partial charge in [0.15, 0.2) is 0 Å². The van der Waals surface area contributed by atoms with E-state index >= 15 is 0 Å². The number of pyridine rings is 1. The lowest BCUT2D eigenvalue weighted by Gasteiger charge is -2.16. The fourth-order valence-electron chi connectivity index (χ4n) is 2.89. The standard InChI is InChI=1S/C24H24N2O7/c1-15(14-30-2)32-20-10-17(23(27)26-22-9-4-16(13-25-22)24(28)29)11-21(12-20)33-19-7-5-18(31-3)6-8-19/h4-13,15H,14H2,1-3H3,(H,28,29)(H,25,26,27)/t15-/m0/s1. The van der Waals surface area contributed by atoms with Gasteiger partial charge in [-0.15, -0.1) is 0 Å². The molecule has 0 saturated carbocycles. The van der Waals surface area contributed by atoms with Crippen LogP contribution in [0.4, 0.5) is 5.82 Å². The highest BCUT2D eigenvalue weighted by molar-refractivity contribution is 6.04. The summed E-state index contributed by atoms with van der Waals surface area (Å²) < 4.78 is 22.0. The lowest BCUT2D eigenvalue weighted by atomic mass is 10.1. The summed E-state index contributed by atoms with van der Waals surface area (Å²) in [6, 6.07) is 14.6. The monoisotopic (exact) mass is 452 g/mol. The van der Waals surface area contributed by atoms with Crippen molar-refractivity contribution in [3.05, 3.63) is 71.9 Å². The molecule has 0 saturated heterocycles. The molecule has 1 heterocycles. The number of aromatic nitrogens is 1. The van der Waals surface area contributed by atoms with E-state index in [0.29, 0.717) is 29.6 Å². The van der Waals surface area contributed by atoms with Gasteiger partial charge in [-0.25, -0.2) is 9.78 Å². The molecule has 1 amide bonds. The molecule has 1 atom stereocenters. The Kier molecular flexibility index (Phi) is 7.82. The molecule has 2 N–H and O–H groups in total. The lowest BCUT2D eigenvalue weighted by Crippen LogP contribution is -2.19. The van der Waals surface area contributed by atoms with Crippen molar-refractivity contribution in [3.63, 3.8) is 0 Å². The van der Waals surface area contributed by atoms with Gasteiger partial charge >= 0.3 is 5.97 Å². The smallest absolute Gasteiger partial charge is 0.337 e. The van der Waals surface area contributed by atoms with E-state index in [9.17, 15) is 9.59 Å². The molecule has 0 aliphatic rings. The first-order valence-electron chi connectivity index (χ1n) is 10.0. The minimum atomic E-state index is -1.10. The number of methoxy groups -OCH3 is 2. The van der Waals surface area contributed by atoms with E-state index in [1.54, 1.807) is 56.7 Å². The van der Waals surface area contributed by atoms with E-state index in [2.05, 4.69) is 10.3 Å². The fourth-order valence-corrected chi connectivity index (χ4v) is 2.89. The Labute approximate surface area is 190 Å². The zero-order valence-corrected chi connectivity index (χ0v) is 18.4. The average molecular weight is 452 g/mol. The van der Waals surface area contributed by atoms with Crippen molar-refractivity contribution in [2.24, 2.45) is 0 Å². The minimum absolute atomic E-state index is 0.0192. The Morgan fingerprint density at radius 1 is 0.939 bits per heavy atom. The predicted octanol–water partition coefficient (Wildman–Crippen LogP) is 4.25. The largest absolute Gasteiger partial charge is 0.497 e. The van der Waals surface area contributed by atoms with Gasteiger partial charge in [-0.2, -0.15) is 0 Å². The molecular weight excluding hydrogens is 428 g/mol. The zero-order valence-electron chi connectivity index (χ0n) is 18.4. The Bertz CT molecular complexity index is 1100. The normalized spacial score (nSPS) is 11.4. The van der Waals surface area contributed by atoms with Gasteiger partial charge in [0.25, 0.3) is 5.91 Å². The number of nitrogens with zero attached hydrogens (tertiary/aromatic N) is 1. The van der Waals surface area contributed by atoms with Gasteiger partial charge in [0.1, 0.15) is 34.9 Å². The quantitative estimate of drug-likeness (QED) is 0.469. The molecular formula is C24H24N2O7. The number of carboxylic acid groups (broad SMARTS) is 1. The van der Waals surface area contributed by atoms with Crippen LogP contribution in [0.3, 0.4) is 0 Å².